The predicted octanol–water partition coefficient (Wildman–Crippen LogP) is 6.64. The van der Waals surface area contributed by atoms with E-state index in [1.165, 1.54) is 17.3 Å². The molecule has 0 aliphatic carbocycles. The van der Waals surface area contributed by atoms with Crippen molar-refractivity contribution in [2.45, 2.75) is 27.2 Å². The quantitative estimate of drug-likeness (QED) is 0.406. The number of ether oxygens (including phenoxy) is 2. The zero-order valence-corrected chi connectivity index (χ0v) is 21.2. The van der Waals surface area contributed by atoms with E-state index < -0.39 is 0 Å². The maximum Gasteiger partial charge on any atom is 0.234 e. The number of nitrogens with one attached hydrogen (secondary N) is 1. The summed E-state index contributed by atoms with van der Waals surface area (Å²) in [4.78, 5) is 22.5. The van der Waals surface area contributed by atoms with Crippen LogP contribution in [0.25, 0.3) is 0 Å². The second-order valence-electron chi connectivity index (χ2n) is 8.19. The van der Waals surface area contributed by atoms with Gasteiger partial charge in [-0.1, -0.05) is 0 Å². The highest BCUT2D eigenvalue weighted by atomic mass is 32.2. The van der Waals surface area contributed by atoms with E-state index in [0.29, 0.717) is 13.0 Å². The number of anilines is 1. The molecule has 3 aromatic rings. The van der Waals surface area contributed by atoms with E-state index in [1.54, 1.807) is 7.11 Å². The van der Waals surface area contributed by atoms with Crippen LogP contribution in [0.5, 0.6) is 11.5 Å². The fourth-order valence-corrected chi connectivity index (χ4v) is 4.42. The van der Waals surface area contributed by atoms with Crippen molar-refractivity contribution in [1.82, 2.24) is 0 Å². The number of carbonyl (C=O) groups excluding carboxylic acids is 1. The van der Waals surface area contributed by atoms with Gasteiger partial charge in [-0.2, -0.15) is 0 Å². The number of rotatable bonds is 7. The number of amides is 1. The van der Waals surface area contributed by atoms with Crippen molar-refractivity contribution in [1.29, 1.82) is 0 Å². The van der Waals surface area contributed by atoms with E-state index in [0.717, 1.165) is 50.4 Å². The summed E-state index contributed by atoms with van der Waals surface area (Å²) in [7, 11) is 1.65. The number of methoxy groups -OCH3 is 1. The molecule has 6 nitrogen and oxygen atoms in total. The Morgan fingerprint density at radius 3 is 2.20 bits per heavy atom. The van der Waals surface area contributed by atoms with Crippen LogP contribution in [0.2, 0.25) is 0 Å². The molecule has 1 amide bonds. The van der Waals surface area contributed by atoms with Gasteiger partial charge in [-0.25, -0.2) is 4.99 Å². The molecule has 0 saturated carbocycles. The number of aliphatic imine (C=N–C) groups is 2. The Morgan fingerprint density at radius 2 is 1.57 bits per heavy atom. The topological polar surface area (TPSA) is 72.3 Å². The SMILES string of the molecule is CCOc1ccc(NC(=O)CSC2=Nc3cc(C)c(C)cc3N=C(c3ccc(OC)cc3)C2)cc1. The van der Waals surface area contributed by atoms with Gasteiger partial charge >= 0.3 is 0 Å². The van der Waals surface area contributed by atoms with Gasteiger partial charge in [0.15, 0.2) is 0 Å². The maximum atomic E-state index is 12.7. The molecule has 7 heteroatoms. The first-order chi connectivity index (χ1) is 16.9. The molecule has 4 rings (SSSR count). The third-order valence-corrected chi connectivity index (χ3v) is 6.63. The first kappa shape index (κ1) is 24.5. The number of carbonyl (C=O) groups is 1. The Balaban J connectivity index is 1.52. The second kappa shape index (κ2) is 11.2. The first-order valence-electron chi connectivity index (χ1n) is 11.5. The number of hydrogen-bond donors (Lipinski definition) is 1. The van der Waals surface area contributed by atoms with Gasteiger partial charge in [0.2, 0.25) is 5.91 Å². The molecule has 3 aromatic carbocycles. The van der Waals surface area contributed by atoms with Crippen LogP contribution in [0.4, 0.5) is 17.1 Å². The average molecular weight is 488 g/mol. The molecule has 0 saturated heterocycles. The van der Waals surface area contributed by atoms with E-state index in [-0.39, 0.29) is 11.7 Å². The van der Waals surface area contributed by atoms with Crippen LogP contribution in [0, 0.1) is 13.8 Å². The number of nitrogens with zero attached hydrogens (tertiary/aromatic N) is 2. The third-order valence-electron chi connectivity index (χ3n) is 5.65. The van der Waals surface area contributed by atoms with Crippen LogP contribution in [-0.2, 0) is 4.79 Å². The van der Waals surface area contributed by atoms with Crippen LogP contribution >= 0.6 is 11.8 Å². The van der Waals surface area contributed by atoms with Gasteiger partial charge in [-0.15, -0.1) is 11.8 Å². The van der Waals surface area contributed by atoms with Crippen molar-refractivity contribution in [3.8, 4) is 11.5 Å². The first-order valence-corrected chi connectivity index (χ1v) is 12.5. The van der Waals surface area contributed by atoms with Gasteiger partial charge in [0.1, 0.15) is 11.5 Å². The monoisotopic (exact) mass is 487 g/mol. The molecule has 0 atom stereocenters. The summed E-state index contributed by atoms with van der Waals surface area (Å²) >= 11 is 1.44. The van der Waals surface area contributed by atoms with Crippen molar-refractivity contribution < 1.29 is 14.3 Å². The Morgan fingerprint density at radius 1 is 0.943 bits per heavy atom. The number of fused-ring (bicyclic) bond motifs is 1. The Hall–Kier alpha value is -3.58. The average Bonchev–Trinajstić information content (AvgIpc) is 3.03. The number of benzene rings is 3. The van der Waals surface area contributed by atoms with E-state index in [2.05, 4.69) is 31.3 Å². The van der Waals surface area contributed by atoms with Gasteiger partial charge in [-0.05, 0) is 98.1 Å². The van der Waals surface area contributed by atoms with Crippen molar-refractivity contribution in [2.75, 3.05) is 24.8 Å². The normalized spacial score (nSPS) is 12.7. The predicted molar refractivity (Wildman–Crippen MR) is 146 cm³/mol. The summed E-state index contributed by atoms with van der Waals surface area (Å²) in [6.07, 6.45) is 0.542. The zero-order valence-electron chi connectivity index (χ0n) is 20.4. The molecule has 0 unspecified atom stereocenters. The molecule has 180 valence electrons. The highest BCUT2D eigenvalue weighted by Gasteiger charge is 2.18. The van der Waals surface area contributed by atoms with E-state index >= 15 is 0 Å². The van der Waals surface area contributed by atoms with Crippen molar-refractivity contribution in [2.24, 2.45) is 9.98 Å². The van der Waals surface area contributed by atoms with E-state index in [1.807, 2.05) is 55.5 Å². The van der Waals surface area contributed by atoms with Gasteiger partial charge in [0.25, 0.3) is 0 Å². The van der Waals surface area contributed by atoms with Crippen LogP contribution in [0.3, 0.4) is 0 Å². The lowest BCUT2D eigenvalue weighted by molar-refractivity contribution is -0.113. The molecule has 0 spiro atoms. The third kappa shape index (κ3) is 6.31. The van der Waals surface area contributed by atoms with Crippen molar-refractivity contribution in [3.05, 3.63) is 77.4 Å². The van der Waals surface area contributed by atoms with E-state index in [4.69, 9.17) is 19.5 Å². The lowest BCUT2D eigenvalue weighted by Crippen LogP contribution is -2.16. The Kier molecular flexibility index (Phi) is 7.87. The van der Waals surface area contributed by atoms with E-state index in [9.17, 15) is 4.79 Å². The molecule has 1 aliphatic rings. The van der Waals surface area contributed by atoms with Crippen LogP contribution in [-0.4, -0.2) is 36.1 Å². The van der Waals surface area contributed by atoms with Crippen LogP contribution in [0.1, 0.15) is 30.0 Å². The molecule has 1 aliphatic heterocycles. The van der Waals surface area contributed by atoms with Gasteiger partial charge in [-0.3, -0.25) is 9.79 Å². The van der Waals surface area contributed by atoms with Gasteiger partial charge < -0.3 is 14.8 Å². The highest BCUT2D eigenvalue weighted by molar-refractivity contribution is 8.14. The molecular formula is C28H29N3O3S. The molecular weight excluding hydrogens is 458 g/mol. The van der Waals surface area contributed by atoms with Crippen LogP contribution in [0.15, 0.2) is 70.6 Å². The summed E-state index contributed by atoms with van der Waals surface area (Å²) in [5, 5.41) is 3.79. The van der Waals surface area contributed by atoms with Gasteiger partial charge in [0.05, 0.1) is 41.6 Å². The smallest absolute Gasteiger partial charge is 0.234 e. The molecule has 0 radical (unpaired) electrons. The molecule has 1 heterocycles. The zero-order chi connectivity index (χ0) is 24.8. The van der Waals surface area contributed by atoms with Crippen molar-refractivity contribution in [3.63, 3.8) is 0 Å². The highest BCUT2D eigenvalue weighted by Crippen LogP contribution is 2.36. The maximum absolute atomic E-state index is 12.7. The molecule has 0 fully saturated rings. The molecule has 0 bridgehead atoms. The van der Waals surface area contributed by atoms with Crippen LogP contribution < -0.4 is 14.8 Å². The number of thioether (sulfide) groups is 1. The van der Waals surface area contributed by atoms with Crippen molar-refractivity contribution >= 4 is 45.5 Å². The minimum Gasteiger partial charge on any atom is -0.497 e. The Bertz CT molecular complexity index is 1270. The largest absolute Gasteiger partial charge is 0.497 e. The standard InChI is InChI=1S/C28H29N3O3S/c1-5-34-23-12-8-21(9-13-23)29-27(32)17-35-28-16-24(20-6-10-22(33-4)11-7-20)30-25-14-18(2)19(3)15-26(25)31-28/h6-15H,5,16-17H2,1-4H3,(H,29,32). The molecule has 1 N–H and O–H groups in total. The van der Waals surface area contributed by atoms with Gasteiger partial charge in [0, 0.05) is 12.1 Å². The minimum atomic E-state index is -0.0886. The summed E-state index contributed by atoms with van der Waals surface area (Å²) in [5.41, 5.74) is 6.64. The lowest BCUT2D eigenvalue weighted by Gasteiger charge is -2.09. The second-order valence-corrected chi connectivity index (χ2v) is 9.24. The number of aryl methyl sites for hydroxylation is 2. The summed E-state index contributed by atoms with van der Waals surface area (Å²) in [6, 6.07) is 19.4. The summed E-state index contributed by atoms with van der Waals surface area (Å²) in [6.45, 7) is 6.69. The Labute approximate surface area is 210 Å². The lowest BCUT2D eigenvalue weighted by atomic mass is 10.1. The minimum absolute atomic E-state index is 0.0886. The summed E-state index contributed by atoms with van der Waals surface area (Å²) < 4.78 is 10.8. The molecule has 35 heavy (non-hydrogen) atoms. The fourth-order valence-electron chi connectivity index (χ4n) is 3.65. The molecule has 0 aromatic heterocycles. The fraction of sp³-hybridized carbons (Fsp3) is 0.250. The number of hydrogen-bond acceptors (Lipinski definition) is 6. The summed E-state index contributed by atoms with van der Waals surface area (Å²) in [5.74, 6) is 1.74.